The second kappa shape index (κ2) is 6.92. The second-order valence-electron chi connectivity index (χ2n) is 3.70. The molecule has 0 amide bonds. The van der Waals surface area contributed by atoms with Gasteiger partial charge in [0.1, 0.15) is 0 Å². The quantitative estimate of drug-likeness (QED) is 0.576. The first-order valence-electron chi connectivity index (χ1n) is 4.84. The summed E-state index contributed by atoms with van der Waals surface area (Å²) in [5, 5.41) is 11.9. The van der Waals surface area contributed by atoms with Crippen LogP contribution in [-0.4, -0.2) is 24.3 Å². The third-order valence-corrected chi connectivity index (χ3v) is 2.14. The minimum atomic E-state index is 0.112. The average molecular weight is 186 g/mol. The fraction of sp³-hybridized carbons (Fsp3) is 0.800. The molecule has 4 N–H and O–H groups in total. The molecule has 0 bridgehead atoms. The Hall–Kier alpha value is -0.540. The Labute approximate surface area is 81.0 Å². The molecule has 0 rings (SSSR count). The molecule has 0 aromatic rings. The SMILES string of the molecule is C/C(=C\NCC(C)CCO)C(C)N. The van der Waals surface area contributed by atoms with Crippen molar-refractivity contribution in [2.24, 2.45) is 11.7 Å². The van der Waals surface area contributed by atoms with Crippen molar-refractivity contribution in [1.82, 2.24) is 5.32 Å². The average Bonchev–Trinajstić information content (AvgIpc) is 2.04. The zero-order valence-electron chi connectivity index (χ0n) is 8.88. The summed E-state index contributed by atoms with van der Waals surface area (Å²) in [6.45, 7) is 7.24. The number of nitrogens with one attached hydrogen (secondary N) is 1. The summed E-state index contributed by atoms with van der Waals surface area (Å²) in [7, 11) is 0. The highest BCUT2D eigenvalue weighted by molar-refractivity contribution is 5.03. The highest BCUT2D eigenvalue weighted by atomic mass is 16.3. The van der Waals surface area contributed by atoms with Crippen LogP contribution in [0.25, 0.3) is 0 Å². The van der Waals surface area contributed by atoms with E-state index in [1.807, 2.05) is 20.0 Å². The Morgan fingerprint density at radius 3 is 2.62 bits per heavy atom. The molecule has 0 aromatic heterocycles. The Kier molecular flexibility index (Phi) is 6.63. The van der Waals surface area contributed by atoms with Crippen LogP contribution in [0.4, 0.5) is 0 Å². The van der Waals surface area contributed by atoms with Gasteiger partial charge in [-0.2, -0.15) is 0 Å². The fourth-order valence-electron chi connectivity index (χ4n) is 0.875. The molecular formula is C10H22N2O. The van der Waals surface area contributed by atoms with E-state index in [4.69, 9.17) is 10.8 Å². The van der Waals surface area contributed by atoms with Crippen molar-refractivity contribution in [3.63, 3.8) is 0 Å². The zero-order valence-corrected chi connectivity index (χ0v) is 8.88. The lowest BCUT2D eigenvalue weighted by molar-refractivity contribution is 0.262. The van der Waals surface area contributed by atoms with Gasteiger partial charge in [0, 0.05) is 19.2 Å². The maximum Gasteiger partial charge on any atom is 0.0434 e. The molecule has 0 saturated carbocycles. The first kappa shape index (κ1) is 12.5. The van der Waals surface area contributed by atoms with Gasteiger partial charge in [-0.15, -0.1) is 0 Å². The molecule has 0 fully saturated rings. The highest BCUT2D eigenvalue weighted by Crippen LogP contribution is 1.99. The Balaban J connectivity index is 3.59. The monoisotopic (exact) mass is 186 g/mol. The van der Waals surface area contributed by atoms with Crippen molar-refractivity contribution in [3.8, 4) is 0 Å². The Morgan fingerprint density at radius 2 is 2.15 bits per heavy atom. The van der Waals surface area contributed by atoms with E-state index in [9.17, 15) is 0 Å². The molecule has 3 nitrogen and oxygen atoms in total. The van der Waals surface area contributed by atoms with Crippen LogP contribution in [0.1, 0.15) is 27.2 Å². The smallest absolute Gasteiger partial charge is 0.0434 e. The number of aliphatic hydroxyl groups is 1. The zero-order chi connectivity index (χ0) is 10.3. The molecule has 2 atom stereocenters. The Morgan fingerprint density at radius 1 is 1.54 bits per heavy atom. The lowest BCUT2D eigenvalue weighted by Gasteiger charge is -2.11. The third kappa shape index (κ3) is 6.61. The van der Waals surface area contributed by atoms with Crippen molar-refractivity contribution in [2.75, 3.05) is 13.2 Å². The summed E-state index contributed by atoms with van der Waals surface area (Å²) >= 11 is 0. The summed E-state index contributed by atoms with van der Waals surface area (Å²) < 4.78 is 0. The van der Waals surface area contributed by atoms with E-state index in [0.717, 1.165) is 18.5 Å². The van der Waals surface area contributed by atoms with Crippen LogP contribution in [0.3, 0.4) is 0 Å². The van der Waals surface area contributed by atoms with Gasteiger partial charge in [0.05, 0.1) is 0 Å². The number of nitrogens with two attached hydrogens (primary N) is 1. The van der Waals surface area contributed by atoms with E-state index in [0.29, 0.717) is 5.92 Å². The van der Waals surface area contributed by atoms with Gasteiger partial charge in [-0.3, -0.25) is 0 Å². The molecule has 0 heterocycles. The van der Waals surface area contributed by atoms with Gasteiger partial charge in [0.15, 0.2) is 0 Å². The van der Waals surface area contributed by atoms with Gasteiger partial charge < -0.3 is 16.2 Å². The summed E-state index contributed by atoms with van der Waals surface area (Å²) in [5.41, 5.74) is 6.81. The number of hydrogen-bond acceptors (Lipinski definition) is 3. The largest absolute Gasteiger partial charge is 0.396 e. The van der Waals surface area contributed by atoms with E-state index in [1.54, 1.807) is 0 Å². The predicted molar refractivity (Wildman–Crippen MR) is 56.3 cm³/mol. The minimum Gasteiger partial charge on any atom is -0.396 e. The van der Waals surface area contributed by atoms with Gasteiger partial charge in [-0.1, -0.05) is 6.92 Å². The molecule has 3 heteroatoms. The third-order valence-electron chi connectivity index (χ3n) is 2.14. The molecule has 0 aromatic carbocycles. The van der Waals surface area contributed by atoms with Gasteiger partial charge in [-0.05, 0) is 38.0 Å². The molecule has 2 unspecified atom stereocenters. The first-order valence-corrected chi connectivity index (χ1v) is 4.84. The normalized spacial score (nSPS) is 16.8. The standard InChI is InChI=1S/C10H22N2O/c1-8(4-5-13)6-12-7-9(2)10(3)11/h7-8,10,12-13H,4-6,11H2,1-3H3/b9-7+. The van der Waals surface area contributed by atoms with Crippen LogP contribution in [0.5, 0.6) is 0 Å². The fourth-order valence-corrected chi connectivity index (χ4v) is 0.875. The van der Waals surface area contributed by atoms with E-state index in [-0.39, 0.29) is 12.6 Å². The van der Waals surface area contributed by atoms with Crippen molar-refractivity contribution in [2.45, 2.75) is 33.2 Å². The van der Waals surface area contributed by atoms with Gasteiger partial charge >= 0.3 is 0 Å². The molecule has 0 radical (unpaired) electrons. The molecule has 13 heavy (non-hydrogen) atoms. The van der Waals surface area contributed by atoms with Crippen LogP contribution in [-0.2, 0) is 0 Å². The van der Waals surface area contributed by atoms with Crippen LogP contribution in [0, 0.1) is 5.92 Å². The van der Waals surface area contributed by atoms with E-state index >= 15 is 0 Å². The van der Waals surface area contributed by atoms with Crippen molar-refractivity contribution < 1.29 is 5.11 Å². The molecule has 0 aliphatic carbocycles. The summed E-state index contributed by atoms with van der Waals surface area (Å²) in [5.74, 6) is 0.502. The number of hydrogen-bond donors (Lipinski definition) is 3. The lowest BCUT2D eigenvalue weighted by atomic mass is 10.1. The topological polar surface area (TPSA) is 58.3 Å². The van der Waals surface area contributed by atoms with E-state index in [2.05, 4.69) is 12.2 Å². The maximum absolute atomic E-state index is 8.67. The van der Waals surface area contributed by atoms with Crippen LogP contribution in [0.15, 0.2) is 11.8 Å². The van der Waals surface area contributed by atoms with Crippen LogP contribution in [0.2, 0.25) is 0 Å². The molecular weight excluding hydrogens is 164 g/mol. The maximum atomic E-state index is 8.67. The van der Waals surface area contributed by atoms with E-state index in [1.165, 1.54) is 0 Å². The van der Waals surface area contributed by atoms with Gasteiger partial charge in [0.2, 0.25) is 0 Å². The highest BCUT2D eigenvalue weighted by Gasteiger charge is 1.99. The van der Waals surface area contributed by atoms with Crippen molar-refractivity contribution in [1.29, 1.82) is 0 Å². The van der Waals surface area contributed by atoms with Crippen molar-refractivity contribution in [3.05, 3.63) is 11.8 Å². The number of aliphatic hydroxyl groups excluding tert-OH is 1. The molecule has 0 aliphatic heterocycles. The minimum absolute atomic E-state index is 0.112. The summed E-state index contributed by atoms with van der Waals surface area (Å²) in [6, 6.07) is 0.112. The van der Waals surface area contributed by atoms with Crippen LogP contribution >= 0.6 is 0 Å². The predicted octanol–water partition coefficient (Wildman–Crippen LogP) is 0.846. The van der Waals surface area contributed by atoms with Crippen molar-refractivity contribution >= 4 is 0 Å². The number of rotatable bonds is 6. The van der Waals surface area contributed by atoms with Gasteiger partial charge in [0.25, 0.3) is 0 Å². The van der Waals surface area contributed by atoms with E-state index < -0.39 is 0 Å². The Bertz CT molecular complexity index is 155. The lowest BCUT2D eigenvalue weighted by Crippen LogP contribution is -2.21. The first-order chi connectivity index (χ1) is 6.07. The van der Waals surface area contributed by atoms with Gasteiger partial charge in [-0.25, -0.2) is 0 Å². The second-order valence-corrected chi connectivity index (χ2v) is 3.70. The molecule has 0 saturated heterocycles. The molecule has 0 spiro atoms. The molecule has 78 valence electrons. The summed E-state index contributed by atoms with van der Waals surface area (Å²) in [4.78, 5) is 0. The summed E-state index contributed by atoms with van der Waals surface area (Å²) in [6.07, 6.45) is 2.80. The van der Waals surface area contributed by atoms with Crippen LogP contribution < -0.4 is 11.1 Å². The molecule has 0 aliphatic rings.